The largest absolute Gasteiger partial charge is 0.444 e. The molecular formula is C11H19F3N2O4. The molecule has 0 aliphatic carbocycles. The van der Waals surface area contributed by atoms with Crippen molar-refractivity contribution in [1.29, 1.82) is 0 Å². The van der Waals surface area contributed by atoms with E-state index in [0.29, 0.717) is 5.06 Å². The predicted molar refractivity (Wildman–Crippen MR) is 63.6 cm³/mol. The fourth-order valence-electron chi connectivity index (χ4n) is 1.10. The molecule has 0 radical (unpaired) electrons. The van der Waals surface area contributed by atoms with Crippen LogP contribution in [0.25, 0.3) is 0 Å². The monoisotopic (exact) mass is 300 g/mol. The zero-order chi connectivity index (χ0) is 16.1. The Labute approximate surface area is 115 Å². The van der Waals surface area contributed by atoms with E-state index in [-0.39, 0.29) is 0 Å². The Morgan fingerprint density at radius 3 is 2.10 bits per heavy atom. The van der Waals surface area contributed by atoms with Crippen molar-refractivity contribution in [1.82, 2.24) is 10.4 Å². The number of halogens is 3. The van der Waals surface area contributed by atoms with Crippen LogP contribution in [0.15, 0.2) is 0 Å². The summed E-state index contributed by atoms with van der Waals surface area (Å²) in [5.74, 6) is -0.925. The van der Waals surface area contributed by atoms with Gasteiger partial charge in [0.05, 0.1) is 13.5 Å². The average molecular weight is 300 g/mol. The lowest BCUT2D eigenvalue weighted by Gasteiger charge is -2.25. The minimum atomic E-state index is -4.78. The van der Waals surface area contributed by atoms with Gasteiger partial charge in [-0.25, -0.2) is 9.86 Å². The third kappa shape index (κ3) is 7.17. The van der Waals surface area contributed by atoms with Gasteiger partial charge in [0.2, 0.25) is 5.91 Å². The van der Waals surface area contributed by atoms with Gasteiger partial charge in [0.15, 0.2) is 0 Å². The van der Waals surface area contributed by atoms with Gasteiger partial charge in [0.1, 0.15) is 11.6 Å². The maximum absolute atomic E-state index is 12.8. The number of nitrogens with one attached hydrogen (secondary N) is 1. The molecule has 1 atom stereocenters. The minimum absolute atomic E-state index is 0.648. The average Bonchev–Trinajstić information content (AvgIpc) is 2.22. The number of alkyl carbamates (subject to hydrolysis) is 1. The number of carbonyl (C=O) groups excluding carboxylic acids is 2. The normalized spacial score (nSPS) is 13.6. The number of amides is 2. The van der Waals surface area contributed by atoms with Gasteiger partial charge in [-0.3, -0.25) is 9.63 Å². The highest BCUT2D eigenvalue weighted by atomic mass is 19.4. The van der Waals surface area contributed by atoms with E-state index in [1.54, 1.807) is 5.32 Å². The van der Waals surface area contributed by atoms with Crippen molar-refractivity contribution in [3.8, 4) is 0 Å². The fourth-order valence-corrected chi connectivity index (χ4v) is 1.10. The molecule has 0 unspecified atom stereocenters. The number of hydrogen-bond donors (Lipinski definition) is 1. The smallest absolute Gasteiger partial charge is 0.409 e. The zero-order valence-corrected chi connectivity index (χ0v) is 12.0. The minimum Gasteiger partial charge on any atom is -0.444 e. The van der Waals surface area contributed by atoms with Gasteiger partial charge in [-0.15, -0.1) is 0 Å². The number of alkyl halides is 3. The van der Waals surface area contributed by atoms with Crippen LogP contribution in [0.1, 0.15) is 27.2 Å². The third-order valence-electron chi connectivity index (χ3n) is 2.09. The van der Waals surface area contributed by atoms with Crippen LogP contribution in [0.4, 0.5) is 18.0 Å². The van der Waals surface area contributed by atoms with E-state index in [4.69, 9.17) is 4.74 Å². The molecule has 0 aromatic carbocycles. The molecule has 0 aliphatic heterocycles. The molecule has 0 saturated heterocycles. The summed E-state index contributed by atoms with van der Waals surface area (Å²) in [6, 6.07) is -2.34. The highest BCUT2D eigenvalue weighted by Gasteiger charge is 2.43. The molecule has 0 rings (SSSR count). The lowest BCUT2D eigenvalue weighted by molar-refractivity contribution is -0.182. The van der Waals surface area contributed by atoms with Crippen molar-refractivity contribution in [2.75, 3.05) is 14.2 Å². The molecule has 0 fully saturated rings. The molecule has 0 spiro atoms. The van der Waals surface area contributed by atoms with Crippen LogP contribution in [-0.4, -0.2) is 49.0 Å². The molecule has 20 heavy (non-hydrogen) atoms. The molecular weight excluding hydrogens is 281 g/mol. The van der Waals surface area contributed by atoms with Crippen LogP contribution in [0.2, 0.25) is 0 Å². The first-order valence-corrected chi connectivity index (χ1v) is 5.73. The van der Waals surface area contributed by atoms with Crippen molar-refractivity contribution < 1.29 is 32.3 Å². The molecule has 6 nitrogen and oxygen atoms in total. The fraction of sp³-hybridized carbons (Fsp3) is 0.818. The zero-order valence-electron chi connectivity index (χ0n) is 12.0. The summed E-state index contributed by atoms with van der Waals surface area (Å²) in [7, 11) is 2.31. The quantitative estimate of drug-likeness (QED) is 0.805. The second-order valence-corrected chi connectivity index (χ2v) is 5.02. The highest BCUT2D eigenvalue weighted by molar-refractivity contribution is 5.77. The third-order valence-corrected chi connectivity index (χ3v) is 2.09. The number of nitrogens with zero attached hydrogens (tertiary/aromatic N) is 1. The maximum Gasteiger partial charge on any atom is 0.409 e. The van der Waals surface area contributed by atoms with Crippen LogP contribution in [0, 0.1) is 0 Å². The number of hydroxylamine groups is 2. The number of rotatable bonds is 4. The lowest BCUT2D eigenvalue weighted by Crippen LogP contribution is -2.49. The van der Waals surface area contributed by atoms with E-state index >= 15 is 0 Å². The predicted octanol–water partition coefficient (Wildman–Crippen LogP) is 1.85. The van der Waals surface area contributed by atoms with Crippen LogP contribution in [-0.2, 0) is 14.4 Å². The summed E-state index contributed by atoms with van der Waals surface area (Å²) in [6.45, 7) is 4.54. The van der Waals surface area contributed by atoms with Gasteiger partial charge in [0.25, 0.3) is 0 Å². The summed E-state index contributed by atoms with van der Waals surface area (Å²) in [5.41, 5.74) is -0.937. The van der Waals surface area contributed by atoms with Crippen LogP contribution < -0.4 is 5.32 Å². The Kier molecular flexibility index (Phi) is 6.27. The second kappa shape index (κ2) is 6.78. The second-order valence-electron chi connectivity index (χ2n) is 5.02. The number of carbonyl (C=O) groups is 2. The Hall–Kier alpha value is -1.51. The van der Waals surface area contributed by atoms with Gasteiger partial charge < -0.3 is 10.1 Å². The van der Waals surface area contributed by atoms with Crippen molar-refractivity contribution in [3.63, 3.8) is 0 Å². The highest BCUT2D eigenvalue weighted by Crippen LogP contribution is 2.23. The first kappa shape index (κ1) is 18.5. The lowest BCUT2D eigenvalue weighted by atomic mass is 10.2. The molecule has 2 amide bonds. The SMILES string of the molecule is CON(C)C(=O)C[C@H](NC(=O)OC(C)(C)C)C(F)(F)F. The van der Waals surface area contributed by atoms with Crippen molar-refractivity contribution in [2.24, 2.45) is 0 Å². The van der Waals surface area contributed by atoms with Crippen molar-refractivity contribution in [3.05, 3.63) is 0 Å². The Morgan fingerprint density at radius 2 is 1.75 bits per heavy atom. The molecule has 1 N–H and O–H groups in total. The van der Waals surface area contributed by atoms with E-state index in [0.717, 1.165) is 7.11 Å². The van der Waals surface area contributed by atoms with Crippen LogP contribution in [0.5, 0.6) is 0 Å². The van der Waals surface area contributed by atoms with Crippen molar-refractivity contribution in [2.45, 2.75) is 45.0 Å². The molecule has 0 saturated carbocycles. The van der Waals surface area contributed by atoms with E-state index in [1.165, 1.54) is 27.8 Å². The van der Waals surface area contributed by atoms with Gasteiger partial charge >= 0.3 is 12.3 Å². The summed E-state index contributed by atoms with van der Waals surface area (Å²) < 4.78 is 43.0. The number of ether oxygens (including phenoxy) is 1. The van der Waals surface area contributed by atoms with E-state index < -0.39 is 36.2 Å². The molecule has 0 aromatic heterocycles. The topological polar surface area (TPSA) is 67.9 Å². The summed E-state index contributed by atoms with van der Waals surface area (Å²) in [6.07, 6.45) is -7.00. The maximum atomic E-state index is 12.8. The summed E-state index contributed by atoms with van der Waals surface area (Å²) in [5, 5.41) is 2.28. The standard InChI is InChI=1S/C11H19F3N2O4/c1-10(2,3)20-9(18)15-7(11(12,13)14)6-8(17)16(4)19-5/h7H,6H2,1-5H3,(H,15,18)/t7-/m0/s1. The first-order chi connectivity index (χ1) is 8.86. The van der Waals surface area contributed by atoms with Gasteiger partial charge in [0, 0.05) is 7.05 Å². The van der Waals surface area contributed by atoms with E-state index in [1.807, 2.05) is 0 Å². The molecule has 0 aliphatic rings. The molecule has 0 bridgehead atoms. The number of hydrogen-bond acceptors (Lipinski definition) is 4. The summed E-state index contributed by atoms with van der Waals surface area (Å²) in [4.78, 5) is 27.2. The molecule has 0 aromatic rings. The Balaban J connectivity index is 4.76. The van der Waals surface area contributed by atoms with Crippen LogP contribution >= 0.6 is 0 Å². The van der Waals surface area contributed by atoms with Gasteiger partial charge in [-0.1, -0.05) is 0 Å². The molecule has 9 heteroatoms. The summed E-state index contributed by atoms with van der Waals surface area (Å²) >= 11 is 0. The molecule has 118 valence electrons. The van der Waals surface area contributed by atoms with Gasteiger partial charge in [-0.05, 0) is 20.8 Å². The van der Waals surface area contributed by atoms with E-state index in [2.05, 4.69) is 4.84 Å². The Bertz CT molecular complexity index is 353. The van der Waals surface area contributed by atoms with Crippen LogP contribution in [0.3, 0.4) is 0 Å². The van der Waals surface area contributed by atoms with Gasteiger partial charge in [-0.2, -0.15) is 13.2 Å². The molecule has 0 heterocycles. The first-order valence-electron chi connectivity index (χ1n) is 5.73. The van der Waals surface area contributed by atoms with E-state index in [9.17, 15) is 22.8 Å². The Morgan fingerprint density at radius 1 is 1.25 bits per heavy atom. The van der Waals surface area contributed by atoms with Crippen molar-refractivity contribution >= 4 is 12.0 Å².